The van der Waals surface area contributed by atoms with Crippen LogP contribution in [0.2, 0.25) is 0 Å². The SMILES string of the molecule is CCCC1(CNc2nc3ccccc3o2)CC1. The predicted octanol–water partition coefficient (Wildman–Crippen LogP) is 3.82. The van der Waals surface area contributed by atoms with Crippen LogP contribution < -0.4 is 5.32 Å². The Kier molecular flexibility index (Phi) is 2.54. The third kappa shape index (κ3) is 2.14. The molecule has 1 aromatic heterocycles. The first kappa shape index (κ1) is 10.6. The lowest BCUT2D eigenvalue weighted by atomic mass is 10.0. The van der Waals surface area contributed by atoms with Crippen molar-refractivity contribution in [2.24, 2.45) is 5.41 Å². The van der Waals surface area contributed by atoms with Gasteiger partial charge in [0.1, 0.15) is 5.52 Å². The van der Waals surface area contributed by atoms with Crippen LogP contribution in [0.25, 0.3) is 11.1 Å². The van der Waals surface area contributed by atoms with Gasteiger partial charge in [-0.2, -0.15) is 4.98 Å². The Morgan fingerprint density at radius 3 is 2.88 bits per heavy atom. The van der Waals surface area contributed by atoms with Gasteiger partial charge in [0.2, 0.25) is 0 Å². The van der Waals surface area contributed by atoms with E-state index in [9.17, 15) is 0 Å². The molecule has 1 N–H and O–H groups in total. The van der Waals surface area contributed by atoms with Crippen LogP contribution in [0.4, 0.5) is 6.01 Å². The Balaban J connectivity index is 1.69. The number of fused-ring (bicyclic) bond motifs is 1. The van der Waals surface area contributed by atoms with Crippen LogP contribution in [0.5, 0.6) is 0 Å². The fourth-order valence-corrected chi connectivity index (χ4v) is 2.43. The molecule has 1 saturated carbocycles. The van der Waals surface area contributed by atoms with Crippen molar-refractivity contribution in [2.45, 2.75) is 32.6 Å². The smallest absolute Gasteiger partial charge is 0.295 e. The zero-order valence-electron chi connectivity index (χ0n) is 10.2. The van der Waals surface area contributed by atoms with Crippen molar-refractivity contribution in [3.05, 3.63) is 24.3 Å². The molecular weight excluding hydrogens is 212 g/mol. The minimum absolute atomic E-state index is 0.523. The summed E-state index contributed by atoms with van der Waals surface area (Å²) in [5.74, 6) is 0. The summed E-state index contributed by atoms with van der Waals surface area (Å²) in [6, 6.07) is 8.54. The molecular formula is C14H18N2O. The maximum atomic E-state index is 5.65. The van der Waals surface area contributed by atoms with Crippen molar-refractivity contribution in [3.8, 4) is 0 Å². The summed E-state index contributed by atoms with van der Waals surface area (Å²) in [6.45, 7) is 3.24. The van der Waals surface area contributed by atoms with Crippen LogP contribution in [-0.2, 0) is 0 Å². The maximum Gasteiger partial charge on any atom is 0.295 e. The predicted molar refractivity (Wildman–Crippen MR) is 69.1 cm³/mol. The van der Waals surface area contributed by atoms with Crippen molar-refractivity contribution in [1.29, 1.82) is 0 Å². The van der Waals surface area contributed by atoms with Crippen molar-refractivity contribution in [2.75, 3.05) is 11.9 Å². The lowest BCUT2D eigenvalue weighted by Crippen LogP contribution is -2.15. The molecule has 0 amide bonds. The zero-order chi connectivity index (χ0) is 11.7. The topological polar surface area (TPSA) is 38.1 Å². The molecule has 1 fully saturated rings. The van der Waals surface area contributed by atoms with Gasteiger partial charge in [-0.1, -0.05) is 25.5 Å². The zero-order valence-corrected chi connectivity index (χ0v) is 10.2. The van der Waals surface area contributed by atoms with E-state index >= 15 is 0 Å². The highest BCUT2D eigenvalue weighted by molar-refractivity contribution is 5.74. The summed E-state index contributed by atoms with van der Waals surface area (Å²) in [5, 5.41) is 3.34. The van der Waals surface area contributed by atoms with E-state index in [1.807, 2.05) is 24.3 Å². The largest absolute Gasteiger partial charge is 0.424 e. The number of nitrogens with zero attached hydrogens (tertiary/aromatic N) is 1. The van der Waals surface area contributed by atoms with Crippen molar-refractivity contribution in [1.82, 2.24) is 4.98 Å². The number of rotatable bonds is 5. The van der Waals surface area contributed by atoms with E-state index in [4.69, 9.17) is 4.42 Å². The molecule has 1 heterocycles. The quantitative estimate of drug-likeness (QED) is 0.848. The highest BCUT2D eigenvalue weighted by atomic mass is 16.4. The first-order valence-electron chi connectivity index (χ1n) is 6.41. The van der Waals surface area contributed by atoms with Crippen molar-refractivity contribution >= 4 is 17.1 Å². The molecule has 0 spiro atoms. The van der Waals surface area contributed by atoms with E-state index < -0.39 is 0 Å². The second-order valence-corrected chi connectivity index (χ2v) is 5.09. The summed E-state index contributed by atoms with van der Waals surface area (Å²) >= 11 is 0. The van der Waals surface area contributed by atoms with Gasteiger partial charge in [-0.05, 0) is 36.8 Å². The standard InChI is InChI=1S/C14H18N2O/c1-2-7-14(8-9-14)10-15-13-16-11-5-3-4-6-12(11)17-13/h3-6H,2,7-10H2,1H3,(H,15,16). The average Bonchev–Trinajstić information content (AvgIpc) is 2.98. The molecule has 0 bridgehead atoms. The number of para-hydroxylation sites is 2. The van der Waals surface area contributed by atoms with E-state index in [1.165, 1.54) is 25.7 Å². The van der Waals surface area contributed by atoms with Gasteiger partial charge in [-0.25, -0.2) is 0 Å². The molecule has 0 saturated heterocycles. The number of benzene rings is 1. The molecule has 1 aliphatic carbocycles. The maximum absolute atomic E-state index is 5.65. The van der Waals surface area contributed by atoms with Crippen LogP contribution in [0, 0.1) is 5.41 Å². The van der Waals surface area contributed by atoms with Crippen molar-refractivity contribution in [3.63, 3.8) is 0 Å². The summed E-state index contributed by atoms with van der Waals surface area (Å²) < 4.78 is 5.65. The summed E-state index contributed by atoms with van der Waals surface area (Å²) in [6.07, 6.45) is 5.25. The number of anilines is 1. The highest BCUT2D eigenvalue weighted by Crippen LogP contribution is 2.49. The van der Waals surface area contributed by atoms with Crippen LogP contribution in [0.3, 0.4) is 0 Å². The van der Waals surface area contributed by atoms with E-state index in [0.29, 0.717) is 11.4 Å². The van der Waals surface area contributed by atoms with Crippen molar-refractivity contribution < 1.29 is 4.42 Å². The molecule has 17 heavy (non-hydrogen) atoms. The Morgan fingerprint density at radius 1 is 1.35 bits per heavy atom. The van der Waals surface area contributed by atoms with Crippen LogP contribution in [0.15, 0.2) is 28.7 Å². The molecule has 0 aliphatic heterocycles. The molecule has 0 atom stereocenters. The molecule has 3 rings (SSSR count). The minimum Gasteiger partial charge on any atom is -0.424 e. The van der Waals surface area contributed by atoms with Gasteiger partial charge in [0.25, 0.3) is 6.01 Å². The van der Waals surface area contributed by atoms with Crippen LogP contribution in [-0.4, -0.2) is 11.5 Å². The van der Waals surface area contributed by atoms with E-state index in [2.05, 4.69) is 17.2 Å². The van der Waals surface area contributed by atoms with E-state index in [-0.39, 0.29) is 0 Å². The molecule has 0 unspecified atom stereocenters. The number of hydrogen-bond donors (Lipinski definition) is 1. The van der Waals surface area contributed by atoms with Gasteiger partial charge in [-0.15, -0.1) is 0 Å². The number of aromatic nitrogens is 1. The molecule has 0 radical (unpaired) electrons. The Morgan fingerprint density at radius 2 is 2.18 bits per heavy atom. The second-order valence-electron chi connectivity index (χ2n) is 5.09. The third-order valence-corrected chi connectivity index (χ3v) is 3.65. The fourth-order valence-electron chi connectivity index (χ4n) is 2.43. The minimum atomic E-state index is 0.523. The van der Waals surface area contributed by atoms with Gasteiger partial charge in [0, 0.05) is 6.54 Å². The fraction of sp³-hybridized carbons (Fsp3) is 0.500. The second kappa shape index (κ2) is 4.06. The molecule has 2 aromatic rings. The Hall–Kier alpha value is -1.51. The first-order chi connectivity index (χ1) is 8.31. The molecule has 1 aliphatic rings. The third-order valence-electron chi connectivity index (χ3n) is 3.65. The molecule has 1 aromatic carbocycles. The van der Waals surface area contributed by atoms with E-state index in [0.717, 1.165) is 17.6 Å². The Labute approximate surface area is 101 Å². The van der Waals surface area contributed by atoms with Crippen LogP contribution in [0.1, 0.15) is 32.6 Å². The lowest BCUT2D eigenvalue weighted by Gasteiger charge is -2.13. The summed E-state index contributed by atoms with van der Waals surface area (Å²) in [7, 11) is 0. The number of hydrogen-bond acceptors (Lipinski definition) is 3. The lowest BCUT2D eigenvalue weighted by molar-refractivity contribution is 0.476. The molecule has 90 valence electrons. The monoisotopic (exact) mass is 230 g/mol. The van der Waals surface area contributed by atoms with Crippen LogP contribution >= 0.6 is 0 Å². The van der Waals surface area contributed by atoms with Gasteiger partial charge in [0.05, 0.1) is 0 Å². The molecule has 3 heteroatoms. The van der Waals surface area contributed by atoms with Gasteiger partial charge >= 0.3 is 0 Å². The Bertz CT molecular complexity index is 481. The summed E-state index contributed by atoms with van der Waals surface area (Å²) in [4.78, 5) is 4.43. The molecule has 3 nitrogen and oxygen atoms in total. The number of nitrogens with one attached hydrogen (secondary N) is 1. The highest BCUT2D eigenvalue weighted by Gasteiger charge is 2.41. The van der Waals surface area contributed by atoms with Gasteiger partial charge in [-0.3, -0.25) is 0 Å². The number of oxazole rings is 1. The van der Waals surface area contributed by atoms with Gasteiger partial charge < -0.3 is 9.73 Å². The average molecular weight is 230 g/mol. The summed E-state index contributed by atoms with van der Waals surface area (Å²) in [5.41, 5.74) is 2.31. The normalized spacial score (nSPS) is 17.2. The first-order valence-corrected chi connectivity index (χ1v) is 6.41. The van der Waals surface area contributed by atoms with E-state index in [1.54, 1.807) is 0 Å². The van der Waals surface area contributed by atoms with Gasteiger partial charge in [0.15, 0.2) is 5.58 Å².